The van der Waals surface area contributed by atoms with E-state index < -0.39 is 15.9 Å². The van der Waals surface area contributed by atoms with Crippen molar-refractivity contribution >= 4 is 27.7 Å². The Balaban J connectivity index is 1.98. The van der Waals surface area contributed by atoms with Gasteiger partial charge in [0.05, 0.1) is 38.6 Å². The highest BCUT2D eigenvalue weighted by atomic mass is 32.2. The number of aromatic amines is 1. The number of nitrogens with zero attached hydrogens (tertiary/aromatic N) is 3. The average Bonchev–Trinajstić information content (AvgIpc) is 3.25. The zero-order valence-electron chi connectivity index (χ0n) is 18.5. The maximum absolute atomic E-state index is 11.9. The van der Waals surface area contributed by atoms with Gasteiger partial charge in [0.15, 0.2) is 5.82 Å². The highest BCUT2D eigenvalue weighted by molar-refractivity contribution is 7.90. The van der Waals surface area contributed by atoms with Crippen LogP contribution in [0.3, 0.4) is 0 Å². The first kappa shape index (κ1) is 28.3. The molecule has 0 saturated carbocycles. The number of rotatable bonds is 19. The van der Waals surface area contributed by atoms with Gasteiger partial charge in [-0.25, -0.2) is 13.5 Å². The van der Waals surface area contributed by atoms with Gasteiger partial charge in [-0.15, -0.1) is 5.10 Å². The number of nitrogens with one attached hydrogen (secondary N) is 4. The molecule has 0 atom stereocenters. The summed E-state index contributed by atoms with van der Waals surface area (Å²) in [5.74, 6) is -1.60. The molecule has 188 valence electrons. The summed E-state index contributed by atoms with van der Waals surface area (Å²) in [6.45, 7) is 4.22. The van der Waals surface area contributed by atoms with Crippen LogP contribution in [-0.2, 0) is 45.0 Å². The minimum absolute atomic E-state index is 0.0252. The zero-order chi connectivity index (χ0) is 24.4. The van der Waals surface area contributed by atoms with Crippen molar-refractivity contribution < 1.29 is 37.0 Å². The smallest absolute Gasteiger partial charge is 0.246 e. The number of aromatic nitrogens is 4. The first-order valence-corrected chi connectivity index (χ1v) is 12.0. The second kappa shape index (κ2) is 16.9. The predicted octanol–water partition coefficient (Wildman–Crippen LogP) is -2.73. The number of sulfonamides is 1. The molecule has 0 radical (unpaired) electrons. The first-order chi connectivity index (χ1) is 15.8. The lowest BCUT2D eigenvalue weighted by Crippen LogP contribution is -2.34. The van der Waals surface area contributed by atoms with Crippen molar-refractivity contribution in [1.82, 2.24) is 36.0 Å². The number of carbonyl (C=O) groups is 3. The van der Waals surface area contributed by atoms with Crippen LogP contribution in [0.15, 0.2) is 0 Å². The normalized spacial score (nSPS) is 11.2. The topological polar surface area (TPSA) is 204 Å². The summed E-state index contributed by atoms with van der Waals surface area (Å²) in [5, 5.41) is 17.6. The highest BCUT2D eigenvalue weighted by Gasteiger charge is 2.16. The molecule has 33 heavy (non-hydrogen) atoms. The molecule has 0 fully saturated rings. The van der Waals surface area contributed by atoms with Crippen molar-refractivity contribution in [2.24, 2.45) is 0 Å². The van der Waals surface area contributed by atoms with E-state index >= 15 is 0 Å². The summed E-state index contributed by atoms with van der Waals surface area (Å²) in [6, 6.07) is 0. The molecule has 1 rings (SSSR count). The van der Waals surface area contributed by atoms with Gasteiger partial charge in [-0.05, 0) is 23.8 Å². The zero-order valence-corrected chi connectivity index (χ0v) is 19.3. The second-order valence-electron chi connectivity index (χ2n) is 6.53. The first-order valence-electron chi connectivity index (χ1n) is 10.3. The second-order valence-corrected chi connectivity index (χ2v) is 8.38. The van der Waals surface area contributed by atoms with Crippen LogP contribution in [0.4, 0.5) is 0 Å². The van der Waals surface area contributed by atoms with Crippen molar-refractivity contribution in [3.05, 3.63) is 5.82 Å². The lowest BCUT2D eigenvalue weighted by Gasteiger charge is -2.08. The number of carbonyl (C=O) groups excluding carboxylic acids is 3. The molecular formula is C17H31N7O8S. The van der Waals surface area contributed by atoms with Gasteiger partial charge in [0.2, 0.25) is 27.7 Å². The van der Waals surface area contributed by atoms with E-state index in [0.29, 0.717) is 19.8 Å². The summed E-state index contributed by atoms with van der Waals surface area (Å²) in [5.41, 5.74) is 0. The summed E-state index contributed by atoms with van der Waals surface area (Å²) in [7, 11) is -3.87. The quantitative estimate of drug-likeness (QED) is 0.146. The molecule has 4 N–H and O–H groups in total. The standard InChI is InChI=1S/C17H31N7O8S/c1-2-30-7-5-19-17(27)13-32-10-9-31-8-6-18-15(25)4-3-11-33(28,29)22-16(26)12-14-20-23-24-21-14/h2-13H2,1H3,(H,18,25)(H,19,27)(H,22,26)(H,20,21,23,24). The molecule has 1 aromatic rings. The Hall–Kier alpha value is -2.69. The lowest BCUT2D eigenvalue weighted by atomic mass is 10.3. The summed E-state index contributed by atoms with van der Waals surface area (Å²) >= 11 is 0. The predicted molar refractivity (Wildman–Crippen MR) is 113 cm³/mol. The largest absolute Gasteiger partial charge is 0.380 e. The van der Waals surface area contributed by atoms with Crippen LogP contribution < -0.4 is 15.4 Å². The Morgan fingerprint density at radius 1 is 0.939 bits per heavy atom. The SMILES string of the molecule is CCOCCNC(=O)COCCOCCNC(=O)CCCS(=O)(=O)NC(=O)Cc1nnn[nH]1. The van der Waals surface area contributed by atoms with Gasteiger partial charge in [0.25, 0.3) is 0 Å². The molecule has 0 unspecified atom stereocenters. The van der Waals surface area contributed by atoms with Crippen molar-refractivity contribution in [2.45, 2.75) is 26.2 Å². The number of amides is 3. The van der Waals surface area contributed by atoms with Gasteiger partial charge in [-0.2, -0.15) is 0 Å². The van der Waals surface area contributed by atoms with E-state index in [9.17, 15) is 22.8 Å². The third-order valence-electron chi connectivity index (χ3n) is 3.75. The fraction of sp³-hybridized carbons (Fsp3) is 0.765. The molecule has 15 nitrogen and oxygen atoms in total. The van der Waals surface area contributed by atoms with Crippen molar-refractivity contribution in [1.29, 1.82) is 0 Å². The minimum Gasteiger partial charge on any atom is -0.380 e. The van der Waals surface area contributed by atoms with Crippen LogP contribution in [-0.4, -0.2) is 105 Å². The molecule has 0 aliphatic carbocycles. The Bertz CT molecular complexity index is 804. The molecule has 0 aromatic carbocycles. The fourth-order valence-electron chi connectivity index (χ4n) is 2.28. The van der Waals surface area contributed by atoms with E-state index in [-0.39, 0.29) is 75.6 Å². The van der Waals surface area contributed by atoms with Crippen LogP contribution in [0, 0.1) is 0 Å². The van der Waals surface area contributed by atoms with Crippen molar-refractivity contribution in [3.63, 3.8) is 0 Å². The number of ether oxygens (including phenoxy) is 3. The van der Waals surface area contributed by atoms with E-state index in [2.05, 4.69) is 31.3 Å². The molecule has 0 aliphatic heterocycles. The van der Waals surface area contributed by atoms with E-state index in [1.54, 1.807) is 0 Å². The third-order valence-corrected chi connectivity index (χ3v) is 5.11. The molecule has 16 heteroatoms. The van der Waals surface area contributed by atoms with Crippen LogP contribution in [0.2, 0.25) is 0 Å². The number of hydrogen-bond donors (Lipinski definition) is 4. The van der Waals surface area contributed by atoms with Gasteiger partial charge >= 0.3 is 0 Å². The maximum atomic E-state index is 11.9. The van der Waals surface area contributed by atoms with Gasteiger partial charge in [-0.3, -0.25) is 19.1 Å². The fourth-order valence-corrected chi connectivity index (χ4v) is 3.33. The van der Waals surface area contributed by atoms with Crippen LogP contribution in [0.1, 0.15) is 25.6 Å². The Morgan fingerprint density at radius 3 is 2.33 bits per heavy atom. The van der Waals surface area contributed by atoms with Gasteiger partial charge in [0, 0.05) is 26.1 Å². The minimum atomic E-state index is -3.87. The Labute approximate surface area is 191 Å². The Morgan fingerprint density at radius 2 is 1.64 bits per heavy atom. The molecular weight excluding hydrogens is 462 g/mol. The van der Waals surface area contributed by atoms with Crippen molar-refractivity contribution in [3.8, 4) is 0 Å². The number of H-pyrrole nitrogens is 1. The van der Waals surface area contributed by atoms with E-state index in [0.717, 1.165) is 0 Å². The van der Waals surface area contributed by atoms with E-state index in [4.69, 9.17) is 14.2 Å². The summed E-state index contributed by atoms with van der Waals surface area (Å²) < 4.78 is 41.2. The summed E-state index contributed by atoms with van der Waals surface area (Å²) in [6.07, 6.45) is -0.290. The van der Waals surface area contributed by atoms with Crippen LogP contribution >= 0.6 is 0 Å². The number of hydrogen-bond acceptors (Lipinski definition) is 11. The molecule has 0 aliphatic rings. The monoisotopic (exact) mass is 493 g/mol. The van der Waals surface area contributed by atoms with E-state index in [1.807, 2.05) is 11.6 Å². The van der Waals surface area contributed by atoms with Crippen LogP contribution in [0.25, 0.3) is 0 Å². The maximum Gasteiger partial charge on any atom is 0.246 e. The molecule has 0 saturated heterocycles. The lowest BCUT2D eigenvalue weighted by molar-refractivity contribution is -0.126. The van der Waals surface area contributed by atoms with Gasteiger partial charge < -0.3 is 24.8 Å². The average molecular weight is 494 g/mol. The van der Waals surface area contributed by atoms with Gasteiger partial charge in [0.1, 0.15) is 6.61 Å². The summed E-state index contributed by atoms with van der Waals surface area (Å²) in [4.78, 5) is 34.8. The van der Waals surface area contributed by atoms with Crippen molar-refractivity contribution in [2.75, 3.05) is 58.5 Å². The third kappa shape index (κ3) is 15.7. The highest BCUT2D eigenvalue weighted by Crippen LogP contribution is 1.96. The Kier molecular flexibility index (Phi) is 14.5. The van der Waals surface area contributed by atoms with Gasteiger partial charge in [-0.1, -0.05) is 0 Å². The molecule has 1 heterocycles. The number of tetrazole rings is 1. The van der Waals surface area contributed by atoms with Crippen LogP contribution in [0.5, 0.6) is 0 Å². The molecule has 3 amide bonds. The molecule has 0 bridgehead atoms. The molecule has 0 spiro atoms. The molecule has 1 aromatic heterocycles. The van der Waals surface area contributed by atoms with E-state index in [1.165, 1.54) is 0 Å².